The van der Waals surface area contributed by atoms with Crippen LogP contribution in [0.4, 0.5) is 9.59 Å². The van der Waals surface area contributed by atoms with Gasteiger partial charge in [-0.05, 0) is 46.9 Å². The van der Waals surface area contributed by atoms with Gasteiger partial charge in [0.2, 0.25) is 11.8 Å². The number of ether oxygens (including phenoxy) is 4. The number of alkyl carbamates (subject to hydrolysis) is 2. The van der Waals surface area contributed by atoms with Crippen LogP contribution in [0.15, 0.2) is 60.9 Å². The molecule has 0 radical (unpaired) electrons. The van der Waals surface area contributed by atoms with Crippen molar-refractivity contribution < 1.29 is 38.1 Å². The van der Waals surface area contributed by atoms with Gasteiger partial charge in [0.05, 0.1) is 69.8 Å². The van der Waals surface area contributed by atoms with Gasteiger partial charge in [0, 0.05) is 13.0 Å². The maximum absolute atomic E-state index is 13.9. The van der Waals surface area contributed by atoms with Gasteiger partial charge in [0.25, 0.3) is 0 Å². The quantitative estimate of drug-likeness (QED) is 0.149. The minimum Gasteiger partial charge on any atom is -0.453 e. The molecule has 16 nitrogen and oxygen atoms in total. The van der Waals surface area contributed by atoms with Gasteiger partial charge in [0.1, 0.15) is 23.7 Å². The van der Waals surface area contributed by atoms with Gasteiger partial charge in [-0.1, -0.05) is 76.2 Å². The van der Waals surface area contributed by atoms with E-state index in [9.17, 15) is 19.2 Å². The molecule has 5 heterocycles. The second-order valence-corrected chi connectivity index (χ2v) is 15.7. The van der Waals surface area contributed by atoms with E-state index in [1.54, 1.807) is 22.2 Å². The summed E-state index contributed by atoms with van der Waals surface area (Å²) in [6.07, 6.45) is 4.26. The van der Waals surface area contributed by atoms with Crippen LogP contribution in [0.5, 0.6) is 0 Å². The number of hydrogen-bond acceptors (Lipinski definition) is 10. The number of rotatable bonds is 11. The zero-order chi connectivity index (χ0) is 41.1. The van der Waals surface area contributed by atoms with E-state index < -0.39 is 36.1 Å². The van der Waals surface area contributed by atoms with Gasteiger partial charge in [-0.25, -0.2) is 19.6 Å². The Morgan fingerprint density at radius 2 is 1.16 bits per heavy atom. The second kappa shape index (κ2) is 17.0. The van der Waals surface area contributed by atoms with Crippen LogP contribution in [0.1, 0.15) is 70.7 Å². The molecule has 308 valence electrons. The normalized spacial score (nSPS) is 19.8. The molecule has 3 aliphatic heterocycles. The third-order valence-electron chi connectivity index (χ3n) is 11.3. The summed E-state index contributed by atoms with van der Waals surface area (Å²) in [4.78, 5) is 71.3. The summed E-state index contributed by atoms with van der Waals surface area (Å²) in [7, 11) is 2.56. The predicted octanol–water partition coefficient (Wildman–Crippen LogP) is 5.58. The molecule has 7 rings (SSSR count). The number of hydrogen-bond donors (Lipinski definition) is 4. The van der Waals surface area contributed by atoms with Crippen LogP contribution < -0.4 is 10.6 Å². The molecule has 3 fully saturated rings. The highest BCUT2D eigenvalue weighted by Gasteiger charge is 2.52. The first-order chi connectivity index (χ1) is 27.9. The number of methoxy groups -OCH3 is 2. The van der Waals surface area contributed by atoms with Crippen LogP contribution in [0.2, 0.25) is 0 Å². The number of aromatic nitrogens is 4. The van der Waals surface area contributed by atoms with Crippen molar-refractivity contribution in [2.24, 2.45) is 11.8 Å². The molecule has 4 aromatic rings. The first-order valence-electron chi connectivity index (χ1n) is 19.8. The zero-order valence-corrected chi connectivity index (χ0v) is 33.7. The summed E-state index contributed by atoms with van der Waals surface area (Å²) in [6, 6.07) is 14.2. The molecule has 2 aromatic heterocycles. The van der Waals surface area contributed by atoms with Crippen molar-refractivity contribution in [2.75, 3.05) is 40.5 Å². The molecule has 58 heavy (non-hydrogen) atoms. The first-order valence-corrected chi connectivity index (χ1v) is 19.8. The van der Waals surface area contributed by atoms with Crippen molar-refractivity contribution in [3.63, 3.8) is 0 Å². The van der Waals surface area contributed by atoms with E-state index in [1.807, 2.05) is 52.0 Å². The van der Waals surface area contributed by atoms with Crippen LogP contribution in [0.3, 0.4) is 0 Å². The highest BCUT2D eigenvalue weighted by atomic mass is 16.7. The monoisotopic (exact) mass is 796 g/mol. The van der Waals surface area contributed by atoms with Gasteiger partial charge >= 0.3 is 12.2 Å². The van der Waals surface area contributed by atoms with E-state index in [-0.39, 0.29) is 36.2 Å². The summed E-state index contributed by atoms with van der Waals surface area (Å²) in [5.74, 6) is -0.333. The van der Waals surface area contributed by atoms with E-state index in [1.165, 1.54) is 14.2 Å². The molecule has 0 bridgehead atoms. The van der Waals surface area contributed by atoms with E-state index in [2.05, 4.69) is 49.9 Å². The summed E-state index contributed by atoms with van der Waals surface area (Å²) >= 11 is 0. The number of benzene rings is 2. The standard InChI is InChI=1S/C42H52N8O8/c1-24(2)34(47-40(53)55-5)38(51)49-17-7-8-32(49)36-43-21-30(45-36)28-13-9-26(10-14-28)27-11-15-29(16-12-27)31-22-44-37(46-31)33-20-42(57-18-19-58-42)23-50(33)39(52)35(25(3)4)48-41(54)56-6/h9-16,21-22,24-25,32-35H,7-8,17-20,23H2,1-6H3,(H,43,45)(H,44,46)(H,47,53)(H,48,54)/t32?,33-,34?,35-/m0/s1. The molecule has 3 aliphatic rings. The maximum atomic E-state index is 13.9. The van der Waals surface area contributed by atoms with Gasteiger partial charge in [-0.15, -0.1) is 0 Å². The molecule has 0 saturated carbocycles. The fourth-order valence-corrected chi connectivity index (χ4v) is 8.08. The lowest BCUT2D eigenvalue weighted by molar-refractivity contribution is -0.153. The number of H-pyrrole nitrogens is 2. The molecule has 4 amide bonds. The van der Waals surface area contributed by atoms with Gasteiger partial charge in [0.15, 0.2) is 5.79 Å². The minimum atomic E-state index is -0.933. The second-order valence-electron chi connectivity index (χ2n) is 15.7. The first kappa shape index (κ1) is 40.5. The topological polar surface area (TPSA) is 193 Å². The average Bonchev–Trinajstić information content (AvgIpc) is 4.09. The van der Waals surface area contributed by atoms with E-state index in [0.29, 0.717) is 37.8 Å². The number of likely N-dealkylation sites (tertiary alicyclic amines) is 2. The Bertz CT molecular complexity index is 2090. The molecule has 0 aliphatic carbocycles. The van der Waals surface area contributed by atoms with Crippen molar-refractivity contribution in [3.05, 3.63) is 72.6 Å². The molecule has 4 atom stereocenters. The van der Waals surface area contributed by atoms with E-state index in [0.717, 1.165) is 46.5 Å². The maximum Gasteiger partial charge on any atom is 0.407 e. The lowest BCUT2D eigenvalue weighted by Gasteiger charge is -2.30. The highest BCUT2D eigenvalue weighted by Crippen LogP contribution is 2.43. The molecule has 16 heteroatoms. The molecule has 2 aromatic carbocycles. The van der Waals surface area contributed by atoms with Gasteiger partial charge in [-0.2, -0.15) is 0 Å². The van der Waals surface area contributed by atoms with Crippen LogP contribution in [0.25, 0.3) is 33.6 Å². The molecule has 2 unspecified atom stereocenters. The number of carbonyl (C=O) groups is 4. The Kier molecular flexibility index (Phi) is 11.9. The van der Waals surface area contributed by atoms with Crippen LogP contribution in [0, 0.1) is 11.8 Å². The third-order valence-corrected chi connectivity index (χ3v) is 11.3. The van der Waals surface area contributed by atoms with Crippen molar-refractivity contribution >= 4 is 24.0 Å². The Hall–Kier alpha value is -5.74. The molecule has 3 saturated heterocycles. The fourth-order valence-electron chi connectivity index (χ4n) is 8.08. The van der Waals surface area contributed by atoms with Crippen molar-refractivity contribution in [1.82, 2.24) is 40.4 Å². The van der Waals surface area contributed by atoms with E-state index >= 15 is 0 Å². The Balaban J connectivity index is 1.03. The number of imidazole rings is 2. The smallest absolute Gasteiger partial charge is 0.407 e. The molecule has 4 N–H and O–H groups in total. The van der Waals surface area contributed by atoms with Crippen LogP contribution in [-0.2, 0) is 28.5 Å². The average molecular weight is 797 g/mol. The van der Waals surface area contributed by atoms with Crippen LogP contribution in [-0.4, -0.2) is 112 Å². The molecular weight excluding hydrogens is 745 g/mol. The predicted molar refractivity (Wildman–Crippen MR) is 213 cm³/mol. The summed E-state index contributed by atoms with van der Waals surface area (Å²) in [5, 5.41) is 5.38. The summed E-state index contributed by atoms with van der Waals surface area (Å²) in [5.41, 5.74) is 5.59. The van der Waals surface area contributed by atoms with Crippen molar-refractivity contribution in [3.8, 4) is 33.6 Å². The van der Waals surface area contributed by atoms with E-state index in [4.69, 9.17) is 23.9 Å². The highest BCUT2D eigenvalue weighted by molar-refractivity contribution is 5.87. The van der Waals surface area contributed by atoms with Gasteiger partial charge < -0.3 is 49.3 Å². The van der Waals surface area contributed by atoms with Crippen molar-refractivity contribution in [2.45, 2.75) is 76.9 Å². The van der Waals surface area contributed by atoms with Crippen LogP contribution >= 0.6 is 0 Å². The minimum absolute atomic E-state index is 0.112. The SMILES string of the molecule is COC(=O)NC(C(=O)N1CCCC1c1ncc(-c2ccc(-c3ccc(-c4cnc([C@@H]5CC6(CN5C(=O)[C@@H](NC(=O)OC)C(C)C)OCCO6)[nH]4)cc3)cc2)[nH]1)C(C)C. The number of nitrogens with one attached hydrogen (secondary N) is 4. The fraction of sp³-hybridized carbons (Fsp3) is 0.476. The number of carbonyl (C=O) groups excluding carboxylic acids is 4. The number of amides is 4. The largest absolute Gasteiger partial charge is 0.453 e. The Labute approximate surface area is 337 Å². The number of aromatic amines is 2. The Morgan fingerprint density at radius 3 is 1.62 bits per heavy atom. The lowest BCUT2D eigenvalue weighted by atomic mass is 10.0. The Morgan fingerprint density at radius 1 is 0.707 bits per heavy atom. The van der Waals surface area contributed by atoms with Crippen molar-refractivity contribution in [1.29, 1.82) is 0 Å². The summed E-state index contributed by atoms with van der Waals surface area (Å²) < 4.78 is 21.6. The molecule has 1 spiro atoms. The lowest BCUT2D eigenvalue weighted by Crippen LogP contribution is -2.52. The van der Waals surface area contributed by atoms with Gasteiger partial charge in [-0.3, -0.25) is 9.59 Å². The molecular formula is C42H52N8O8. The number of nitrogens with zero attached hydrogens (tertiary/aromatic N) is 4. The third kappa shape index (κ3) is 8.29. The zero-order valence-electron chi connectivity index (χ0n) is 33.7. The summed E-state index contributed by atoms with van der Waals surface area (Å²) in [6.45, 7) is 9.20.